The molecule has 1 aliphatic carbocycles. The molecule has 2 amide bonds. The number of hydrogen-bond acceptors (Lipinski definition) is 2. The lowest BCUT2D eigenvalue weighted by atomic mass is 10.2. The molecule has 0 aliphatic heterocycles. The lowest BCUT2D eigenvalue weighted by Crippen LogP contribution is -2.46. The van der Waals surface area contributed by atoms with E-state index in [0.717, 1.165) is 12.8 Å². The molecule has 0 spiro atoms. The number of carboxylic acid groups (broad SMARTS) is 1. The second-order valence-corrected chi connectivity index (χ2v) is 4.73. The molecule has 0 aromatic heterocycles. The molecule has 1 saturated carbocycles. The standard InChI is InChI=1S/C13H22N2O3/c1-4-8-15(11-6-7-11)13(18)14(5-2)9-10(3)12(16)17/h4,10-11H,1,5-9H2,2-3H3,(H,16,17). The Morgan fingerprint density at radius 3 is 2.50 bits per heavy atom. The molecule has 0 aromatic rings. The number of nitrogens with zero attached hydrogens (tertiary/aromatic N) is 2. The predicted molar refractivity (Wildman–Crippen MR) is 69.4 cm³/mol. The lowest BCUT2D eigenvalue weighted by molar-refractivity contribution is -0.141. The number of carbonyl (C=O) groups excluding carboxylic acids is 1. The third-order valence-corrected chi connectivity index (χ3v) is 3.13. The van der Waals surface area contributed by atoms with Crippen LogP contribution in [0.5, 0.6) is 0 Å². The minimum absolute atomic E-state index is 0.0759. The summed E-state index contributed by atoms with van der Waals surface area (Å²) in [5.41, 5.74) is 0. The van der Waals surface area contributed by atoms with Gasteiger partial charge in [0.25, 0.3) is 0 Å². The average molecular weight is 254 g/mol. The molecule has 1 N–H and O–H groups in total. The zero-order chi connectivity index (χ0) is 13.7. The third kappa shape index (κ3) is 3.75. The van der Waals surface area contributed by atoms with Crippen LogP contribution < -0.4 is 0 Å². The average Bonchev–Trinajstić information content (AvgIpc) is 3.15. The van der Waals surface area contributed by atoms with Gasteiger partial charge in [-0.15, -0.1) is 6.58 Å². The minimum atomic E-state index is -0.872. The summed E-state index contributed by atoms with van der Waals surface area (Å²) in [6.07, 6.45) is 3.78. The Hall–Kier alpha value is -1.52. The zero-order valence-corrected chi connectivity index (χ0v) is 11.1. The molecular weight excluding hydrogens is 232 g/mol. The molecule has 0 bridgehead atoms. The van der Waals surface area contributed by atoms with Crippen molar-refractivity contribution in [3.8, 4) is 0 Å². The van der Waals surface area contributed by atoms with E-state index in [1.165, 1.54) is 0 Å². The van der Waals surface area contributed by atoms with Gasteiger partial charge in [0, 0.05) is 25.7 Å². The molecular formula is C13H22N2O3. The van der Waals surface area contributed by atoms with E-state index in [-0.39, 0.29) is 12.6 Å². The Labute approximate surface area is 108 Å². The smallest absolute Gasteiger partial charge is 0.320 e. The first kappa shape index (κ1) is 14.5. The molecule has 5 heteroatoms. The fourth-order valence-electron chi connectivity index (χ4n) is 1.84. The van der Waals surface area contributed by atoms with E-state index in [1.54, 1.807) is 22.8 Å². The summed E-state index contributed by atoms with van der Waals surface area (Å²) in [6, 6.07) is 0.234. The van der Waals surface area contributed by atoms with Crippen LogP contribution in [-0.2, 0) is 4.79 Å². The van der Waals surface area contributed by atoms with Crippen molar-refractivity contribution >= 4 is 12.0 Å². The monoisotopic (exact) mass is 254 g/mol. The molecule has 0 saturated heterocycles. The maximum absolute atomic E-state index is 12.3. The van der Waals surface area contributed by atoms with Gasteiger partial charge < -0.3 is 14.9 Å². The number of rotatable bonds is 7. The van der Waals surface area contributed by atoms with Gasteiger partial charge in [0.2, 0.25) is 0 Å². The maximum atomic E-state index is 12.3. The zero-order valence-electron chi connectivity index (χ0n) is 11.1. The first-order chi connectivity index (χ1) is 8.51. The number of carboxylic acids is 1. The fraction of sp³-hybridized carbons (Fsp3) is 0.692. The van der Waals surface area contributed by atoms with Crippen LogP contribution in [0.1, 0.15) is 26.7 Å². The maximum Gasteiger partial charge on any atom is 0.320 e. The summed E-state index contributed by atoms with van der Waals surface area (Å²) in [4.78, 5) is 26.5. The van der Waals surface area contributed by atoms with Crippen molar-refractivity contribution in [1.82, 2.24) is 9.80 Å². The molecule has 1 aliphatic rings. The van der Waals surface area contributed by atoms with Gasteiger partial charge >= 0.3 is 12.0 Å². The summed E-state index contributed by atoms with van der Waals surface area (Å²) in [5.74, 6) is -1.42. The van der Waals surface area contributed by atoms with Gasteiger partial charge in [-0.1, -0.05) is 13.0 Å². The lowest BCUT2D eigenvalue weighted by Gasteiger charge is -2.30. The second kappa shape index (κ2) is 6.42. The van der Waals surface area contributed by atoms with Crippen molar-refractivity contribution in [2.24, 2.45) is 5.92 Å². The molecule has 1 rings (SSSR count). The largest absolute Gasteiger partial charge is 0.481 e. The van der Waals surface area contributed by atoms with Crippen LogP contribution in [-0.4, -0.2) is 52.6 Å². The van der Waals surface area contributed by atoms with Crippen LogP contribution in [0.4, 0.5) is 4.79 Å². The molecule has 5 nitrogen and oxygen atoms in total. The van der Waals surface area contributed by atoms with Gasteiger partial charge in [0.15, 0.2) is 0 Å². The fourth-order valence-corrected chi connectivity index (χ4v) is 1.84. The Kier molecular flexibility index (Phi) is 5.19. The summed E-state index contributed by atoms with van der Waals surface area (Å²) in [6.45, 7) is 8.45. The van der Waals surface area contributed by atoms with Gasteiger partial charge in [-0.05, 0) is 19.8 Å². The molecule has 1 fully saturated rings. The van der Waals surface area contributed by atoms with Gasteiger partial charge in [0.1, 0.15) is 0 Å². The minimum Gasteiger partial charge on any atom is -0.481 e. The quantitative estimate of drug-likeness (QED) is 0.705. The SMILES string of the molecule is C=CCN(C(=O)N(CC)CC(C)C(=O)O)C1CC1. The van der Waals surface area contributed by atoms with Gasteiger partial charge in [-0.3, -0.25) is 4.79 Å². The number of amides is 2. The Morgan fingerprint density at radius 2 is 2.11 bits per heavy atom. The van der Waals surface area contributed by atoms with Crippen molar-refractivity contribution in [2.45, 2.75) is 32.7 Å². The number of urea groups is 1. The van der Waals surface area contributed by atoms with Crippen molar-refractivity contribution in [3.05, 3.63) is 12.7 Å². The molecule has 1 atom stereocenters. The van der Waals surface area contributed by atoms with E-state index in [4.69, 9.17) is 5.11 Å². The second-order valence-electron chi connectivity index (χ2n) is 4.73. The van der Waals surface area contributed by atoms with Crippen molar-refractivity contribution in [1.29, 1.82) is 0 Å². The van der Waals surface area contributed by atoms with Crippen LogP contribution in [0.15, 0.2) is 12.7 Å². The number of hydrogen-bond donors (Lipinski definition) is 1. The number of aliphatic carboxylic acids is 1. The van der Waals surface area contributed by atoms with Crippen LogP contribution in [0.3, 0.4) is 0 Å². The highest BCUT2D eigenvalue weighted by molar-refractivity contribution is 5.76. The normalized spacial score (nSPS) is 15.9. The summed E-state index contributed by atoms with van der Waals surface area (Å²) in [7, 11) is 0. The van der Waals surface area contributed by atoms with E-state index in [1.807, 2.05) is 6.92 Å². The van der Waals surface area contributed by atoms with Crippen LogP contribution in [0.25, 0.3) is 0 Å². The van der Waals surface area contributed by atoms with E-state index in [9.17, 15) is 9.59 Å². The first-order valence-electron chi connectivity index (χ1n) is 6.40. The Balaban J connectivity index is 2.64. The van der Waals surface area contributed by atoms with E-state index < -0.39 is 11.9 Å². The molecule has 1 unspecified atom stereocenters. The molecule has 0 aromatic carbocycles. The highest BCUT2D eigenvalue weighted by Gasteiger charge is 2.34. The number of carbonyl (C=O) groups is 2. The molecule has 0 heterocycles. The van der Waals surface area contributed by atoms with Gasteiger partial charge in [0.05, 0.1) is 5.92 Å². The van der Waals surface area contributed by atoms with Crippen LogP contribution >= 0.6 is 0 Å². The topological polar surface area (TPSA) is 60.9 Å². The van der Waals surface area contributed by atoms with Gasteiger partial charge in [-0.2, -0.15) is 0 Å². The highest BCUT2D eigenvalue weighted by atomic mass is 16.4. The van der Waals surface area contributed by atoms with E-state index in [0.29, 0.717) is 19.1 Å². The van der Waals surface area contributed by atoms with Crippen molar-refractivity contribution in [3.63, 3.8) is 0 Å². The summed E-state index contributed by atoms with van der Waals surface area (Å²) < 4.78 is 0. The van der Waals surface area contributed by atoms with Crippen LogP contribution in [0, 0.1) is 5.92 Å². The predicted octanol–water partition coefficient (Wildman–Crippen LogP) is 1.80. The van der Waals surface area contributed by atoms with Gasteiger partial charge in [-0.25, -0.2) is 4.79 Å². The van der Waals surface area contributed by atoms with Crippen molar-refractivity contribution in [2.75, 3.05) is 19.6 Å². The van der Waals surface area contributed by atoms with Crippen molar-refractivity contribution < 1.29 is 14.7 Å². The Bertz CT molecular complexity index is 326. The highest BCUT2D eigenvalue weighted by Crippen LogP contribution is 2.27. The van der Waals surface area contributed by atoms with E-state index >= 15 is 0 Å². The molecule has 18 heavy (non-hydrogen) atoms. The first-order valence-corrected chi connectivity index (χ1v) is 6.40. The van der Waals surface area contributed by atoms with E-state index in [2.05, 4.69) is 6.58 Å². The molecule has 0 radical (unpaired) electrons. The summed E-state index contributed by atoms with van der Waals surface area (Å²) >= 11 is 0. The van der Waals surface area contributed by atoms with Crippen LogP contribution in [0.2, 0.25) is 0 Å². The molecule has 102 valence electrons. The third-order valence-electron chi connectivity index (χ3n) is 3.13. The summed E-state index contributed by atoms with van der Waals surface area (Å²) in [5, 5.41) is 8.90. The Morgan fingerprint density at radius 1 is 1.50 bits per heavy atom.